The van der Waals surface area contributed by atoms with Gasteiger partial charge in [0.05, 0.1) is 4.92 Å². The van der Waals surface area contributed by atoms with Gasteiger partial charge < -0.3 is 0 Å². The van der Waals surface area contributed by atoms with Gasteiger partial charge in [-0.05, 0) is 31.2 Å². The molecule has 1 fully saturated rings. The van der Waals surface area contributed by atoms with Gasteiger partial charge in [-0.25, -0.2) is 0 Å². The Kier molecular flexibility index (Phi) is 2.26. The Hall–Kier alpha value is -1.71. The summed E-state index contributed by atoms with van der Waals surface area (Å²) in [5, 5.41) is 10.6. The second-order valence-electron chi connectivity index (χ2n) is 3.86. The van der Waals surface area contributed by atoms with Crippen molar-refractivity contribution in [3.8, 4) is 0 Å². The van der Waals surface area contributed by atoms with Gasteiger partial charge in [-0.3, -0.25) is 14.9 Å². The van der Waals surface area contributed by atoms with Gasteiger partial charge >= 0.3 is 0 Å². The molecule has 0 heterocycles. The predicted octanol–water partition coefficient (Wildman–Crippen LogP) is 2.67. The zero-order valence-electron chi connectivity index (χ0n) is 8.40. The normalized spacial score (nSPS) is 15.0. The summed E-state index contributed by atoms with van der Waals surface area (Å²) in [5.74, 6) is 0.338. The van der Waals surface area contributed by atoms with E-state index in [0.717, 1.165) is 18.4 Å². The molecule has 1 saturated carbocycles. The molecule has 0 unspecified atom stereocenters. The highest BCUT2D eigenvalue weighted by Crippen LogP contribution is 2.42. The molecule has 78 valence electrons. The van der Waals surface area contributed by atoms with E-state index in [1.165, 1.54) is 19.1 Å². The first-order valence-corrected chi connectivity index (χ1v) is 4.89. The molecule has 4 nitrogen and oxygen atoms in total. The largest absolute Gasteiger partial charge is 0.294 e. The second-order valence-corrected chi connectivity index (χ2v) is 3.86. The summed E-state index contributed by atoms with van der Waals surface area (Å²) >= 11 is 0. The zero-order valence-corrected chi connectivity index (χ0v) is 8.40. The molecule has 0 saturated heterocycles. The maximum absolute atomic E-state index is 11.4. The molecule has 0 bridgehead atoms. The summed E-state index contributed by atoms with van der Waals surface area (Å²) in [7, 11) is 0. The first-order valence-electron chi connectivity index (χ1n) is 4.89. The molecular weight excluding hydrogens is 194 g/mol. The SMILES string of the molecule is CC(=O)c1cc([N+](=O)[O-])ccc1C1CC1. The third-order valence-electron chi connectivity index (χ3n) is 2.64. The molecule has 4 heteroatoms. The van der Waals surface area contributed by atoms with E-state index >= 15 is 0 Å². The molecule has 0 aromatic heterocycles. The van der Waals surface area contributed by atoms with E-state index in [1.54, 1.807) is 6.07 Å². The van der Waals surface area contributed by atoms with Crippen molar-refractivity contribution in [3.05, 3.63) is 39.4 Å². The summed E-state index contributed by atoms with van der Waals surface area (Å²) < 4.78 is 0. The lowest BCUT2D eigenvalue weighted by Gasteiger charge is -2.04. The summed E-state index contributed by atoms with van der Waals surface area (Å²) in [6.45, 7) is 1.45. The molecule has 2 rings (SSSR count). The molecule has 0 aliphatic heterocycles. The highest BCUT2D eigenvalue weighted by atomic mass is 16.6. The fourth-order valence-corrected chi connectivity index (χ4v) is 1.71. The van der Waals surface area contributed by atoms with Gasteiger partial charge in [0.25, 0.3) is 5.69 Å². The van der Waals surface area contributed by atoms with E-state index in [4.69, 9.17) is 0 Å². The maximum Gasteiger partial charge on any atom is 0.270 e. The van der Waals surface area contributed by atoms with Gasteiger partial charge in [0.15, 0.2) is 5.78 Å². The molecule has 1 aromatic carbocycles. The van der Waals surface area contributed by atoms with Crippen LogP contribution in [-0.2, 0) is 0 Å². The van der Waals surface area contributed by atoms with Crippen molar-refractivity contribution in [2.45, 2.75) is 25.7 Å². The number of hydrogen-bond donors (Lipinski definition) is 0. The minimum Gasteiger partial charge on any atom is -0.294 e. The van der Waals surface area contributed by atoms with Crippen molar-refractivity contribution in [2.24, 2.45) is 0 Å². The van der Waals surface area contributed by atoms with Crippen molar-refractivity contribution < 1.29 is 9.72 Å². The molecular formula is C11H11NO3. The Morgan fingerprint density at radius 3 is 2.60 bits per heavy atom. The van der Waals surface area contributed by atoms with Gasteiger partial charge in [-0.15, -0.1) is 0 Å². The average Bonchev–Trinajstić information content (AvgIpc) is 2.99. The fraction of sp³-hybridized carbons (Fsp3) is 0.364. The number of rotatable bonds is 3. The number of nitro benzene ring substituents is 1. The van der Waals surface area contributed by atoms with Crippen LogP contribution >= 0.6 is 0 Å². The molecule has 0 spiro atoms. The lowest BCUT2D eigenvalue weighted by atomic mass is 10.00. The highest BCUT2D eigenvalue weighted by Gasteiger charge is 2.28. The topological polar surface area (TPSA) is 60.2 Å². The quantitative estimate of drug-likeness (QED) is 0.433. The Morgan fingerprint density at radius 1 is 1.47 bits per heavy atom. The van der Waals surface area contributed by atoms with Crippen LogP contribution in [0.25, 0.3) is 0 Å². The Balaban J connectivity index is 2.48. The van der Waals surface area contributed by atoms with Gasteiger partial charge in [0, 0.05) is 17.7 Å². The van der Waals surface area contributed by atoms with E-state index in [2.05, 4.69) is 0 Å². The van der Waals surface area contributed by atoms with Crippen LogP contribution < -0.4 is 0 Å². The van der Waals surface area contributed by atoms with Crippen LogP contribution in [0.1, 0.15) is 41.6 Å². The third-order valence-corrected chi connectivity index (χ3v) is 2.64. The van der Waals surface area contributed by atoms with Crippen LogP contribution in [0.5, 0.6) is 0 Å². The average molecular weight is 205 g/mol. The van der Waals surface area contributed by atoms with Crippen molar-refractivity contribution in [1.29, 1.82) is 0 Å². The van der Waals surface area contributed by atoms with E-state index in [-0.39, 0.29) is 11.5 Å². The van der Waals surface area contributed by atoms with Gasteiger partial charge in [-0.2, -0.15) is 0 Å². The smallest absolute Gasteiger partial charge is 0.270 e. The summed E-state index contributed by atoms with van der Waals surface area (Å²) in [4.78, 5) is 21.4. The molecule has 0 amide bonds. The highest BCUT2D eigenvalue weighted by molar-refractivity contribution is 5.96. The number of carbonyl (C=O) groups is 1. The van der Waals surface area contributed by atoms with E-state index in [9.17, 15) is 14.9 Å². The van der Waals surface area contributed by atoms with Crippen LogP contribution in [0.15, 0.2) is 18.2 Å². The number of carbonyl (C=O) groups excluding carboxylic acids is 1. The Bertz CT molecular complexity index is 435. The standard InChI is InChI=1S/C11H11NO3/c1-7(13)11-6-9(12(14)15)4-5-10(11)8-2-3-8/h4-6,8H,2-3H2,1H3. The monoisotopic (exact) mass is 205 g/mol. The molecule has 0 N–H and O–H groups in total. The second kappa shape index (κ2) is 3.46. The Labute approximate surface area is 87.1 Å². The molecule has 1 aliphatic carbocycles. The van der Waals surface area contributed by atoms with Crippen molar-refractivity contribution in [1.82, 2.24) is 0 Å². The number of ketones is 1. The summed E-state index contributed by atoms with van der Waals surface area (Å²) in [6, 6.07) is 4.57. The van der Waals surface area contributed by atoms with E-state index < -0.39 is 4.92 Å². The molecule has 15 heavy (non-hydrogen) atoms. The van der Waals surface area contributed by atoms with Gasteiger partial charge in [0.2, 0.25) is 0 Å². The van der Waals surface area contributed by atoms with Gasteiger partial charge in [-0.1, -0.05) is 6.07 Å². The van der Waals surface area contributed by atoms with Crippen molar-refractivity contribution >= 4 is 11.5 Å². The summed E-state index contributed by atoms with van der Waals surface area (Å²) in [5.41, 5.74) is 1.46. The van der Waals surface area contributed by atoms with E-state index in [1.807, 2.05) is 0 Å². The van der Waals surface area contributed by atoms with Crippen LogP contribution in [-0.4, -0.2) is 10.7 Å². The zero-order chi connectivity index (χ0) is 11.0. The first kappa shape index (κ1) is 9.83. The number of non-ortho nitro benzene ring substituents is 1. The number of hydrogen-bond acceptors (Lipinski definition) is 3. The first-order chi connectivity index (χ1) is 7.09. The fourth-order valence-electron chi connectivity index (χ4n) is 1.71. The van der Waals surface area contributed by atoms with Gasteiger partial charge in [0.1, 0.15) is 0 Å². The predicted molar refractivity (Wildman–Crippen MR) is 55.1 cm³/mol. The summed E-state index contributed by atoms with van der Waals surface area (Å²) in [6.07, 6.45) is 2.16. The molecule has 0 atom stereocenters. The molecule has 0 radical (unpaired) electrons. The maximum atomic E-state index is 11.4. The van der Waals surface area contributed by atoms with Crippen LogP contribution in [0, 0.1) is 10.1 Å². The Morgan fingerprint density at radius 2 is 2.13 bits per heavy atom. The number of nitrogens with zero attached hydrogens (tertiary/aromatic N) is 1. The lowest BCUT2D eigenvalue weighted by Crippen LogP contribution is -2.00. The van der Waals surface area contributed by atoms with Crippen LogP contribution in [0.4, 0.5) is 5.69 Å². The van der Waals surface area contributed by atoms with Crippen molar-refractivity contribution in [2.75, 3.05) is 0 Å². The minimum atomic E-state index is -0.469. The minimum absolute atomic E-state index is 0.00963. The van der Waals surface area contributed by atoms with Crippen molar-refractivity contribution in [3.63, 3.8) is 0 Å². The molecule has 1 aromatic rings. The number of benzene rings is 1. The molecule has 1 aliphatic rings. The van der Waals surface area contributed by atoms with Crippen LogP contribution in [0.2, 0.25) is 0 Å². The third kappa shape index (κ3) is 1.88. The number of nitro groups is 1. The lowest BCUT2D eigenvalue weighted by molar-refractivity contribution is -0.384. The van der Waals surface area contributed by atoms with E-state index in [0.29, 0.717) is 11.5 Å². The van der Waals surface area contributed by atoms with Crippen LogP contribution in [0.3, 0.4) is 0 Å². The number of Topliss-reactive ketones (excluding diaryl/α,β-unsaturated/α-hetero) is 1.